The first-order chi connectivity index (χ1) is 11.6. The number of carbonyl (C=O) groups is 1. The van der Waals surface area contributed by atoms with Crippen molar-refractivity contribution in [2.45, 2.75) is 57.5 Å². The minimum atomic E-state index is 0.313. The fraction of sp³-hybridized carbons (Fsp3) is 0.722. The molecule has 0 saturated carbocycles. The standard InChI is InChI=1S/C18H29N5O/c1-14-11-17(20-13-19-14)21-15-7-9-23(10-8-15)12-16-5-3-4-6-18(24)22(16)2/h11,13,15-16H,3-10,12H2,1-2H3,(H,19,20,21). The Hall–Kier alpha value is -1.69. The molecule has 0 spiro atoms. The molecule has 0 aliphatic carbocycles. The topological polar surface area (TPSA) is 61.4 Å². The highest BCUT2D eigenvalue weighted by molar-refractivity contribution is 5.76. The highest BCUT2D eigenvalue weighted by Crippen LogP contribution is 2.20. The van der Waals surface area contributed by atoms with E-state index in [4.69, 9.17) is 0 Å². The van der Waals surface area contributed by atoms with Crippen LogP contribution in [0.5, 0.6) is 0 Å². The van der Waals surface area contributed by atoms with E-state index in [0.29, 0.717) is 18.0 Å². The van der Waals surface area contributed by atoms with Crippen LogP contribution in [-0.4, -0.2) is 64.4 Å². The van der Waals surface area contributed by atoms with Crippen LogP contribution in [0, 0.1) is 6.92 Å². The van der Waals surface area contributed by atoms with Crippen LogP contribution in [0.15, 0.2) is 12.4 Å². The molecule has 3 rings (SSSR count). The van der Waals surface area contributed by atoms with Gasteiger partial charge in [0.2, 0.25) is 5.91 Å². The first kappa shape index (κ1) is 17.1. The molecule has 1 aromatic rings. The number of rotatable bonds is 4. The molecule has 0 aromatic carbocycles. The van der Waals surface area contributed by atoms with Gasteiger partial charge in [-0.2, -0.15) is 0 Å². The lowest BCUT2D eigenvalue weighted by Crippen LogP contribution is -2.47. The maximum Gasteiger partial charge on any atom is 0.222 e. The van der Waals surface area contributed by atoms with Crippen LogP contribution in [0.3, 0.4) is 0 Å². The Bertz CT molecular complexity index is 556. The van der Waals surface area contributed by atoms with Crippen LogP contribution >= 0.6 is 0 Å². The molecular formula is C18H29N5O. The van der Waals surface area contributed by atoms with Gasteiger partial charge in [0.1, 0.15) is 12.1 Å². The van der Waals surface area contributed by atoms with Gasteiger partial charge in [0.25, 0.3) is 0 Å². The quantitative estimate of drug-likeness (QED) is 0.915. The van der Waals surface area contributed by atoms with E-state index in [2.05, 4.69) is 20.2 Å². The molecule has 1 atom stereocenters. The number of nitrogens with zero attached hydrogens (tertiary/aromatic N) is 4. The highest BCUT2D eigenvalue weighted by Gasteiger charge is 2.27. The first-order valence-corrected chi connectivity index (χ1v) is 9.15. The van der Waals surface area contributed by atoms with Gasteiger partial charge in [-0.05, 0) is 32.6 Å². The summed E-state index contributed by atoms with van der Waals surface area (Å²) < 4.78 is 0. The lowest BCUT2D eigenvalue weighted by atomic mass is 10.0. The minimum absolute atomic E-state index is 0.313. The largest absolute Gasteiger partial charge is 0.367 e. The Kier molecular flexibility index (Phi) is 5.66. The molecule has 132 valence electrons. The summed E-state index contributed by atoms with van der Waals surface area (Å²) in [5, 5.41) is 3.53. The number of hydrogen-bond acceptors (Lipinski definition) is 5. The van der Waals surface area contributed by atoms with E-state index in [1.54, 1.807) is 6.33 Å². The van der Waals surface area contributed by atoms with Crippen molar-refractivity contribution in [1.82, 2.24) is 19.8 Å². The average Bonchev–Trinajstić information content (AvgIpc) is 2.72. The summed E-state index contributed by atoms with van der Waals surface area (Å²) in [6, 6.07) is 2.86. The molecule has 3 heterocycles. The lowest BCUT2D eigenvalue weighted by Gasteiger charge is -2.37. The van der Waals surface area contributed by atoms with Crippen LogP contribution < -0.4 is 5.32 Å². The Labute approximate surface area is 144 Å². The lowest BCUT2D eigenvalue weighted by molar-refractivity contribution is -0.131. The van der Waals surface area contributed by atoms with Gasteiger partial charge in [-0.1, -0.05) is 6.42 Å². The predicted molar refractivity (Wildman–Crippen MR) is 94.9 cm³/mol. The molecule has 1 aromatic heterocycles. The molecule has 0 radical (unpaired) electrons. The van der Waals surface area contributed by atoms with E-state index < -0.39 is 0 Å². The second kappa shape index (κ2) is 7.92. The molecule has 2 aliphatic rings. The molecule has 1 N–H and O–H groups in total. The van der Waals surface area contributed by atoms with Gasteiger partial charge in [-0.3, -0.25) is 4.79 Å². The number of likely N-dealkylation sites (N-methyl/N-ethyl adjacent to an activating group) is 1. The molecule has 2 fully saturated rings. The Morgan fingerprint density at radius 3 is 2.75 bits per heavy atom. The van der Waals surface area contributed by atoms with Crippen molar-refractivity contribution in [3.63, 3.8) is 0 Å². The number of aryl methyl sites for hydroxylation is 1. The van der Waals surface area contributed by atoms with Gasteiger partial charge in [0.05, 0.1) is 0 Å². The normalized spacial score (nSPS) is 24.0. The van der Waals surface area contributed by atoms with Crippen molar-refractivity contribution in [2.24, 2.45) is 0 Å². The zero-order valence-corrected chi connectivity index (χ0v) is 14.9. The van der Waals surface area contributed by atoms with Gasteiger partial charge >= 0.3 is 0 Å². The summed E-state index contributed by atoms with van der Waals surface area (Å²) in [7, 11) is 1.98. The first-order valence-electron chi connectivity index (χ1n) is 9.15. The number of carbonyl (C=O) groups excluding carboxylic acids is 1. The van der Waals surface area contributed by atoms with Crippen LogP contribution in [0.25, 0.3) is 0 Å². The highest BCUT2D eigenvalue weighted by atomic mass is 16.2. The van der Waals surface area contributed by atoms with E-state index in [9.17, 15) is 4.79 Å². The molecular weight excluding hydrogens is 302 g/mol. The molecule has 0 bridgehead atoms. The van der Waals surface area contributed by atoms with Crippen molar-refractivity contribution in [2.75, 3.05) is 32.0 Å². The van der Waals surface area contributed by atoms with Crippen LogP contribution in [-0.2, 0) is 4.79 Å². The van der Waals surface area contributed by atoms with Gasteiger partial charge in [-0.15, -0.1) is 0 Å². The van der Waals surface area contributed by atoms with E-state index in [-0.39, 0.29) is 0 Å². The predicted octanol–water partition coefficient (Wildman–Crippen LogP) is 2.06. The Morgan fingerprint density at radius 1 is 1.21 bits per heavy atom. The fourth-order valence-corrected chi connectivity index (χ4v) is 3.74. The van der Waals surface area contributed by atoms with E-state index >= 15 is 0 Å². The third kappa shape index (κ3) is 4.44. The number of piperidine rings is 1. The molecule has 24 heavy (non-hydrogen) atoms. The van der Waals surface area contributed by atoms with Gasteiger partial charge < -0.3 is 15.1 Å². The summed E-state index contributed by atoms with van der Waals surface area (Å²) in [6.07, 6.45) is 7.93. The maximum absolute atomic E-state index is 12.0. The number of amides is 1. The number of anilines is 1. The van der Waals surface area contributed by atoms with Crippen molar-refractivity contribution in [1.29, 1.82) is 0 Å². The van der Waals surface area contributed by atoms with Crippen molar-refractivity contribution < 1.29 is 4.79 Å². The zero-order chi connectivity index (χ0) is 16.9. The summed E-state index contributed by atoms with van der Waals surface area (Å²) in [5.74, 6) is 1.24. The van der Waals surface area contributed by atoms with Crippen LogP contribution in [0.4, 0.5) is 5.82 Å². The van der Waals surface area contributed by atoms with Crippen molar-refractivity contribution in [3.05, 3.63) is 18.1 Å². The summed E-state index contributed by atoms with van der Waals surface area (Å²) >= 11 is 0. The third-order valence-corrected chi connectivity index (χ3v) is 5.33. The molecule has 1 amide bonds. The Balaban J connectivity index is 1.47. The summed E-state index contributed by atoms with van der Waals surface area (Å²) in [5.41, 5.74) is 0.992. The minimum Gasteiger partial charge on any atom is -0.367 e. The summed E-state index contributed by atoms with van der Waals surface area (Å²) in [6.45, 7) is 5.17. The fourth-order valence-electron chi connectivity index (χ4n) is 3.74. The Morgan fingerprint density at radius 2 is 2.00 bits per heavy atom. The van der Waals surface area contributed by atoms with Gasteiger partial charge in [0.15, 0.2) is 0 Å². The van der Waals surface area contributed by atoms with E-state index in [1.807, 2.05) is 24.9 Å². The molecule has 2 aliphatic heterocycles. The van der Waals surface area contributed by atoms with Gasteiger partial charge in [0, 0.05) is 56.9 Å². The van der Waals surface area contributed by atoms with Crippen molar-refractivity contribution in [3.8, 4) is 0 Å². The second-order valence-electron chi connectivity index (χ2n) is 7.17. The number of likely N-dealkylation sites (tertiary alicyclic amines) is 2. The van der Waals surface area contributed by atoms with Gasteiger partial charge in [-0.25, -0.2) is 9.97 Å². The molecule has 1 unspecified atom stereocenters. The third-order valence-electron chi connectivity index (χ3n) is 5.33. The smallest absolute Gasteiger partial charge is 0.222 e. The molecule has 6 heteroatoms. The number of nitrogens with one attached hydrogen (secondary N) is 1. The monoisotopic (exact) mass is 331 g/mol. The van der Waals surface area contributed by atoms with Crippen LogP contribution in [0.1, 0.15) is 44.2 Å². The average molecular weight is 331 g/mol. The van der Waals surface area contributed by atoms with E-state index in [0.717, 1.165) is 63.3 Å². The zero-order valence-electron chi connectivity index (χ0n) is 14.9. The van der Waals surface area contributed by atoms with Crippen molar-refractivity contribution >= 4 is 11.7 Å². The summed E-state index contributed by atoms with van der Waals surface area (Å²) in [4.78, 5) is 25.0. The molecule has 2 saturated heterocycles. The second-order valence-corrected chi connectivity index (χ2v) is 7.17. The maximum atomic E-state index is 12.0. The number of hydrogen-bond donors (Lipinski definition) is 1. The molecule has 6 nitrogen and oxygen atoms in total. The van der Waals surface area contributed by atoms with E-state index in [1.165, 1.54) is 6.42 Å². The van der Waals surface area contributed by atoms with Crippen LogP contribution in [0.2, 0.25) is 0 Å². The number of aromatic nitrogens is 2. The SMILES string of the molecule is Cc1cc(NC2CCN(CC3CCCCC(=O)N3C)CC2)ncn1.